The van der Waals surface area contributed by atoms with E-state index < -0.39 is 0 Å². The lowest BCUT2D eigenvalue weighted by Crippen LogP contribution is -2.33. The second-order valence-electron chi connectivity index (χ2n) is 7.37. The molecule has 2 aromatic carbocycles. The predicted octanol–water partition coefficient (Wildman–Crippen LogP) is 5.88. The summed E-state index contributed by atoms with van der Waals surface area (Å²) in [4.78, 5) is 15.7. The molecule has 0 spiro atoms. The number of carbonyl (C=O) groups excluding carboxylic acids is 1. The molecule has 0 saturated carbocycles. The second-order valence-corrected chi connectivity index (χ2v) is 8.76. The van der Waals surface area contributed by atoms with Crippen molar-refractivity contribution < 1.29 is 14.3 Å². The third-order valence-corrected chi connectivity index (χ3v) is 6.21. The molecule has 6 nitrogen and oxygen atoms in total. The molecule has 1 amide bonds. The number of carbonyl (C=O) groups is 1. The summed E-state index contributed by atoms with van der Waals surface area (Å²) in [7, 11) is 3.46. The topological polar surface area (TPSA) is 56.6 Å². The Morgan fingerprint density at radius 1 is 1.09 bits per heavy atom. The van der Waals surface area contributed by atoms with Crippen LogP contribution in [0, 0.1) is 0 Å². The van der Waals surface area contributed by atoms with Gasteiger partial charge in [0.25, 0.3) is 5.91 Å². The number of halogens is 1. The first-order chi connectivity index (χ1) is 16.1. The minimum absolute atomic E-state index is 0.0534. The lowest BCUT2D eigenvalue weighted by molar-refractivity contribution is 0.0684. The molecule has 170 valence electrons. The molecule has 33 heavy (non-hydrogen) atoms. The molecule has 0 bridgehead atoms. The van der Waals surface area contributed by atoms with E-state index in [-0.39, 0.29) is 5.91 Å². The van der Waals surface area contributed by atoms with Crippen LogP contribution in [0.15, 0.2) is 72.1 Å². The number of benzene rings is 2. The monoisotopic (exact) mass is 481 g/mol. The smallest absolute Gasteiger partial charge is 0.264 e. The number of thiophene rings is 1. The van der Waals surface area contributed by atoms with Gasteiger partial charge in [0.05, 0.1) is 23.6 Å². The summed E-state index contributed by atoms with van der Waals surface area (Å²) in [6, 6.07) is 20.8. The number of ether oxygens (including phenoxy) is 2. The average molecular weight is 482 g/mol. The van der Waals surface area contributed by atoms with Gasteiger partial charge in [0.15, 0.2) is 0 Å². The Morgan fingerprint density at radius 2 is 1.85 bits per heavy atom. The molecule has 0 fully saturated rings. The quantitative estimate of drug-likeness (QED) is 0.299. The van der Waals surface area contributed by atoms with Crippen molar-refractivity contribution >= 4 is 28.8 Å². The maximum Gasteiger partial charge on any atom is 0.264 e. The van der Waals surface area contributed by atoms with E-state index in [2.05, 4.69) is 0 Å². The number of aryl methyl sites for hydroxylation is 1. The van der Waals surface area contributed by atoms with Crippen molar-refractivity contribution in [2.45, 2.75) is 6.54 Å². The van der Waals surface area contributed by atoms with Gasteiger partial charge in [-0.1, -0.05) is 48.0 Å². The van der Waals surface area contributed by atoms with Crippen LogP contribution in [-0.4, -0.2) is 40.8 Å². The third kappa shape index (κ3) is 5.45. The molecule has 0 unspecified atom stereocenters. The molecular formula is C25H24ClN3O3S. The Kier molecular flexibility index (Phi) is 7.44. The van der Waals surface area contributed by atoms with E-state index in [1.807, 2.05) is 54.9 Å². The molecule has 2 heterocycles. The highest BCUT2D eigenvalue weighted by Gasteiger charge is 2.25. The summed E-state index contributed by atoms with van der Waals surface area (Å²) in [5.41, 5.74) is 2.53. The standard InChI is InChI=1S/C25H24ClN3O3S/c1-28-25(32-20-12-10-19(26)11-13-20)21(23(27-28)18-7-4-3-5-8-18)17-29(14-15-31-2)24(30)22-9-6-16-33-22/h3-13,16H,14-15,17H2,1-2H3. The molecule has 0 aliphatic rings. The van der Waals surface area contributed by atoms with E-state index >= 15 is 0 Å². The van der Waals surface area contributed by atoms with Crippen molar-refractivity contribution in [3.63, 3.8) is 0 Å². The summed E-state index contributed by atoms with van der Waals surface area (Å²) in [6.45, 7) is 1.18. The molecule has 0 radical (unpaired) electrons. The molecule has 0 N–H and O–H groups in total. The number of hydrogen-bond donors (Lipinski definition) is 0. The van der Waals surface area contributed by atoms with Crippen LogP contribution in [0.3, 0.4) is 0 Å². The van der Waals surface area contributed by atoms with Crippen molar-refractivity contribution in [1.29, 1.82) is 0 Å². The van der Waals surface area contributed by atoms with Gasteiger partial charge in [-0.25, -0.2) is 4.68 Å². The molecule has 0 atom stereocenters. The van der Waals surface area contributed by atoms with Gasteiger partial charge in [0.2, 0.25) is 5.88 Å². The van der Waals surface area contributed by atoms with Crippen molar-refractivity contribution in [1.82, 2.24) is 14.7 Å². The van der Waals surface area contributed by atoms with E-state index in [9.17, 15) is 4.79 Å². The van der Waals surface area contributed by atoms with Crippen LogP contribution in [-0.2, 0) is 18.3 Å². The van der Waals surface area contributed by atoms with Gasteiger partial charge in [-0.2, -0.15) is 5.10 Å². The number of hydrogen-bond acceptors (Lipinski definition) is 5. The summed E-state index contributed by atoms with van der Waals surface area (Å²) in [5.74, 6) is 1.15. The SMILES string of the molecule is COCCN(Cc1c(-c2ccccc2)nn(C)c1Oc1ccc(Cl)cc1)C(=O)c1cccs1. The van der Waals surface area contributed by atoms with Crippen molar-refractivity contribution in [3.8, 4) is 22.9 Å². The fourth-order valence-electron chi connectivity index (χ4n) is 3.47. The molecule has 4 rings (SSSR count). The van der Waals surface area contributed by atoms with E-state index in [1.54, 1.807) is 41.0 Å². The van der Waals surface area contributed by atoms with Crippen molar-refractivity contribution in [2.24, 2.45) is 7.05 Å². The van der Waals surface area contributed by atoms with Crippen molar-refractivity contribution in [3.05, 3.63) is 87.6 Å². The van der Waals surface area contributed by atoms with Gasteiger partial charge < -0.3 is 14.4 Å². The summed E-state index contributed by atoms with van der Waals surface area (Å²) < 4.78 is 13.2. The number of nitrogens with zero attached hydrogens (tertiary/aromatic N) is 3. The molecule has 0 aliphatic carbocycles. The fourth-order valence-corrected chi connectivity index (χ4v) is 4.28. The fraction of sp³-hybridized carbons (Fsp3) is 0.200. The summed E-state index contributed by atoms with van der Waals surface area (Å²) in [6.07, 6.45) is 0. The van der Waals surface area contributed by atoms with Gasteiger partial charge in [0, 0.05) is 31.3 Å². The zero-order chi connectivity index (χ0) is 23.2. The first-order valence-electron chi connectivity index (χ1n) is 10.4. The molecule has 4 aromatic rings. The number of rotatable bonds is 9. The Hall–Kier alpha value is -3.13. The minimum Gasteiger partial charge on any atom is -0.439 e. The predicted molar refractivity (Wildman–Crippen MR) is 131 cm³/mol. The first kappa shape index (κ1) is 23.0. The first-order valence-corrected chi connectivity index (χ1v) is 11.7. The Bertz CT molecular complexity index is 1190. The van der Waals surface area contributed by atoms with E-state index in [4.69, 9.17) is 26.2 Å². The van der Waals surface area contributed by atoms with Gasteiger partial charge >= 0.3 is 0 Å². The van der Waals surface area contributed by atoms with Gasteiger partial charge in [-0.05, 0) is 35.7 Å². The number of methoxy groups -OCH3 is 1. The molecule has 2 aromatic heterocycles. The maximum absolute atomic E-state index is 13.3. The van der Waals surface area contributed by atoms with Gasteiger partial charge in [-0.3, -0.25) is 4.79 Å². The Morgan fingerprint density at radius 3 is 2.52 bits per heavy atom. The summed E-state index contributed by atoms with van der Waals surface area (Å²) in [5, 5.41) is 7.28. The van der Waals surface area contributed by atoms with Crippen LogP contribution in [0.4, 0.5) is 0 Å². The van der Waals surface area contributed by atoms with Crippen LogP contribution in [0.2, 0.25) is 5.02 Å². The third-order valence-electron chi connectivity index (χ3n) is 5.10. The highest BCUT2D eigenvalue weighted by Crippen LogP contribution is 2.34. The number of amides is 1. The average Bonchev–Trinajstić information content (AvgIpc) is 3.47. The van der Waals surface area contributed by atoms with Crippen LogP contribution < -0.4 is 4.74 Å². The lowest BCUT2D eigenvalue weighted by atomic mass is 10.1. The van der Waals surface area contributed by atoms with Crippen molar-refractivity contribution in [2.75, 3.05) is 20.3 Å². The van der Waals surface area contributed by atoms with E-state index in [0.717, 1.165) is 16.8 Å². The highest BCUT2D eigenvalue weighted by atomic mass is 35.5. The molecule has 0 aliphatic heterocycles. The molecule has 0 saturated heterocycles. The largest absolute Gasteiger partial charge is 0.439 e. The normalized spacial score (nSPS) is 10.9. The van der Waals surface area contributed by atoms with Crippen LogP contribution in [0.5, 0.6) is 11.6 Å². The summed E-state index contributed by atoms with van der Waals surface area (Å²) >= 11 is 7.45. The maximum atomic E-state index is 13.3. The molecular weight excluding hydrogens is 458 g/mol. The lowest BCUT2D eigenvalue weighted by Gasteiger charge is -2.22. The van der Waals surface area contributed by atoms with Crippen LogP contribution in [0.1, 0.15) is 15.2 Å². The number of aromatic nitrogens is 2. The molecule has 8 heteroatoms. The van der Waals surface area contributed by atoms with Gasteiger partial charge in [0.1, 0.15) is 11.4 Å². The van der Waals surface area contributed by atoms with E-state index in [0.29, 0.717) is 41.2 Å². The zero-order valence-electron chi connectivity index (χ0n) is 18.4. The van der Waals surface area contributed by atoms with E-state index in [1.165, 1.54) is 11.3 Å². The minimum atomic E-state index is -0.0534. The Balaban J connectivity index is 1.75. The Labute approximate surface area is 201 Å². The zero-order valence-corrected chi connectivity index (χ0v) is 20.0. The van der Waals surface area contributed by atoms with Crippen LogP contribution in [0.25, 0.3) is 11.3 Å². The van der Waals surface area contributed by atoms with Crippen LogP contribution >= 0.6 is 22.9 Å². The second kappa shape index (κ2) is 10.7. The highest BCUT2D eigenvalue weighted by molar-refractivity contribution is 7.12. The van der Waals surface area contributed by atoms with Gasteiger partial charge in [-0.15, -0.1) is 11.3 Å².